The highest BCUT2D eigenvalue weighted by atomic mass is 32.2. The van der Waals surface area contributed by atoms with Crippen LogP contribution >= 0.6 is 0 Å². The van der Waals surface area contributed by atoms with Crippen LogP contribution in [-0.4, -0.2) is 64.7 Å². The molecule has 0 fully saturated rings. The van der Waals surface area contributed by atoms with Crippen LogP contribution in [0.1, 0.15) is 44.4 Å². The second kappa shape index (κ2) is 5.96. The second-order valence-corrected chi connectivity index (χ2v) is 8.21. The van der Waals surface area contributed by atoms with Crippen molar-refractivity contribution in [2.75, 3.05) is 26.4 Å². The van der Waals surface area contributed by atoms with E-state index in [9.17, 15) is 13.2 Å². The van der Waals surface area contributed by atoms with Gasteiger partial charge in [0.2, 0.25) is 15.9 Å². The van der Waals surface area contributed by atoms with Gasteiger partial charge in [-0.3, -0.25) is 4.79 Å². The lowest BCUT2D eigenvalue weighted by molar-refractivity contribution is -0.131. The molecule has 0 aromatic carbocycles. The molecule has 0 spiro atoms. The topological polar surface area (TPSA) is 88.4 Å². The van der Waals surface area contributed by atoms with Crippen molar-refractivity contribution in [1.82, 2.24) is 24.0 Å². The van der Waals surface area contributed by atoms with Crippen molar-refractivity contribution in [1.29, 1.82) is 0 Å². The Balaban J connectivity index is 2.20. The van der Waals surface area contributed by atoms with Crippen LogP contribution in [0.15, 0.2) is 0 Å². The normalized spacial score (nSPS) is 18.9. The molecule has 0 saturated heterocycles. The summed E-state index contributed by atoms with van der Waals surface area (Å²) < 4.78 is 26.8. The summed E-state index contributed by atoms with van der Waals surface area (Å²) in [5.74, 6) is 0.946. The molecule has 22 heavy (non-hydrogen) atoms. The number of nitrogens with zero attached hydrogens (tertiary/aromatic N) is 5. The molecule has 0 radical (unpaired) electrons. The van der Waals surface area contributed by atoms with E-state index in [-0.39, 0.29) is 12.0 Å². The first-order chi connectivity index (χ1) is 10.1. The van der Waals surface area contributed by atoms with Gasteiger partial charge in [-0.1, -0.05) is 13.8 Å². The number of carbonyl (C=O) groups excluding carboxylic acids is 1. The Morgan fingerprint density at radius 2 is 1.95 bits per heavy atom. The van der Waals surface area contributed by atoms with Gasteiger partial charge in [-0.2, -0.15) is 0 Å². The first-order valence-corrected chi connectivity index (χ1v) is 8.88. The Labute approximate surface area is 131 Å². The molecule has 1 aromatic heterocycles. The van der Waals surface area contributed by atoms with Crippen molar-refractivity contribution < 1.29 is 13.2 Å². The maximum Gasteiger partial charge on any atom is 0.239 e. The Morgan fingerprint density at radius 3 is 2.50 bits per heavy atom. The molecule has 1 aliphatic heterocycles. The third-order valence-corrected chi connectivity index (χ3v) is 5.64. The number of carbonyl (C=O) groups is 1. The molecule has 0 saturated carbocycles. The lowest BCUT2D eigenvalue weighted by Gasteiger charge is -2.34. The lowest BCUT2D eigenvalue weighted by Crippen LogP contribution is -2.45. The summed E-state index contributed by atoms with van der Waals surface area (Å²) in [6.07, 6.45) is 0. The van der Waals surface area contributed by atoms with Crippen molar-refractivity contribution in [3.05, 3.63) is 11.6 Å². The van der Waals surface area contributed by atoms with Gasteiger partial charge in [0.25, 0.3) is 0 Å². The van der Waals surface area contributed by atoms with E-state index in [1.54, 1.807) is 4.90 Å². The Kier molecular flexibility index (Phi) is 4.57. The summed E-state index contributed by atoms with van der Waals surface area (Å²) in [4.78, 5) is 13.9. The fourth-order valence-electron chi connectivity index (χ4n) is 2.54. The van der Waals surface area contributed by atoms with Gasteiger partial charge in [-0.05, 0) is 6.92 Å². The van der Waals surface area contributed by atoms with Crippen molar-refractivity contribution >= 4 is 15.9 Å². The SMILES string of the molecule is CC(C)c1nnc2n1CCN(C(=O)CS(=O)(=O)N(C)C)C2C. The minimum Gasteiger partial charge on any atom is -0.330 e. The van der Waals surface area contributed by atoms with Crippen molar-refractivity contribution in [3.8, 4) is 0 Å². The van der Waals surface area contributed by atoms with Gasteiger partial charge in [0, 0.05) is 33.1 Å². The molecule has 0 N–H and O–H groups in total. The van der Waals surface area contributed by atoms with E-state index in [0.717, 1.165) is 10.1 Å². The van der Waals surface area contributed by atoms with Crippen molar-refractivity contribution in [2.24, 2.45) is 0 Å². The van der Waals surface area contributed by atoms with Crippen LogP contribution in [0, 0.1) is 0 Å². The fraction of sp³-hybridized carbons (Fsp3) is 0.769. The Hall–Kier alpha value is -1.48. The molecule has 0 aliphatic carbocycles. The van der Waals surface area contributed by atoms with Crippen LogP contribution in [0.3, 0.4) is 0 Å². The summed E-state index contributed by atoms with van der Waals surface area (Å²) in [6.45, 7) is 7.00. The zero-order valence-corrected chi connectivity index (χ0v) is 14.5. The summed E-state index contributed by atoms with van der Waals surface area (Å²) >= 11 is 0. The largest absolute Gasteiger partial charge is 0.330 e. The van der Waals surface area contributed by atoms with Crippen LogP contribution < -0.4 is 0 Å². The van der Waals surface area contributed by atoms with Crippen molar-refractivity contribution in [2.45, 2.75) is 39.3 Å². The predicted octanol–water partition coefficient (Wildman–Crippen LogP) is 0.196. The monoisotopic (exact) mass is 329 g/mol. The molecule has 9 heteroatoms. The molecule has 1 atom stereocenters. The van der Waals surface area contributed by atoms with E-state index in [0.29, 0.717) is 18.9 Å². The molecule has 1 aliphatic rings. The molecule has 2 heterocycles. The van der Waals surface area contributed by atoms with E-state index in [1.807, 2.05) is 25.3 Å². The zero-order chi connectivity index (χ0) is 16.7. The summed E-state index contributed by atoms with van der Waals surface area (Å²) in [7, 11) is -0.708. The second-order valence-electron chi connectivity index (χ2n) is 6.02. The number of fused-ring (bicyclic) bond motifs is 1. The number of rotatable bonds is 4. The minimum absolute atomic E-state index is 0.254. The first-order valence-electron chi connectivity index (χ1n) is 7.27. The molecule has 8 nitrogen and oxygen atoms in total. The third kappa shape index (κ3) is 3.00. The van der Waals surface area contributed by atoms with E-state index in [2.05, 4.69) is 10.2 Å². The standard InChI is InChI=1S/C13H23N5O3S/c1-9(2)12-14-15-13-10(3)17(6-7-18(12)13)11(19)8-22(20,21)16(4)5/h9-10H,6-8H2,1-5H3. The number of hydrogen-bond donors (Lipinski definition) is 0. The molecule has 1 amide bonds. The third-order valence-electron chi connectivity index (χ3n) is 3.91. The molecular weight excluding hydrogens is 306 g/mol. The minimum atomic E-state index is -3.56. The summed E-state index contributed by atoms with van der Waals surface area (Å²) in [5, 5.41) is 8.38. The number of aromatic nitrogens is 3. The number of sulfonamides is 1. The maximum absolute atomic E-state index is 12.3. The number of amides is 1. The highest BCUT2D eigenvalue weighted by molar-refractivity contribution is 7.89. The molecule has 1 aromatic rings. The highest BCUT2D eigenvalue weighted by Crippen LogP contribution is 2.26. The molecule has 124 valence electrons. The average molecular weight is 329 g/mol. The smallest absolute Gasteiger partial charge is 0.239 e. The van der Waals surface area contributed by atoms with E-state index in [4.69, 9.17) is 0 Å². The Morgan fingerprint density at radius 1 is 1.32 bits per heavy atom. The van der Waals surface area contributed by atoms with Gasteiger partial charge < -0.3 is 9.47 Å². The summed E-state index contributed by atoms with van der Waals surface area (Å²) in [6, 6.07) is -0.279. The predicted molar refractivity (Wildman–Crippen MR) is 81.7 cm³/mol. The van der Waals surface area contributed by atoms with Gasteiger partial charge in [0.15, 0.2) is 5.82 Å². The van der Waals surface area contributed by atoms with Crippen LogP contribution in [-0.2, 0) is 21.4 Å². The van der Waals surface area contributed by atoms with E-state index < -0.39 is 21.7 Å². The molecule has 0 bridgehead atoms. The van der Waals surface area contributed by atoms with Gasteiger partial charge in [-0.25, -0.2) is 12.7 Å². The molecular formula is C13H23N5O3S. The quantitative estimate of drug-likeness (QED) is 0.787. The van der Waals surface area contributed by atoms with Crippen LogP contribution in [0.25, 0.3) is 0 Å². The van der Waals surface area contributed by atoms with Gasteiger partial charge >= 0.3 is 0 Å². The molecule has 2 rings (SSSR count). The van der Waals surface area contributed by atoms with Crippen LogP contribution in [0.2, 0.25) is 0 Å². The van der Waals surface area contributed by atoms with Gasteiger partial charge in [0.05, 0.1) is 6.04 Å². The Bertz CT molecular complexity index is 665. The highest BCUT2D eigenvalue weighted by Gasteiger charge is 2.33. The van der Waals surface area contributed by atoms with E-state index >= 15 is 0 Å². The van der Waals surface area contributed by atoms with E-state index in [1.165, 1.54) is 14.1 Å². The fourth-order valence-corrected chi connectivity index (χ4v) is 3.28. The summed E-state index contributed by atoms with van der Waals surface area (Å²) in [5.41, 5.74) is 0. The molecule has 1 unspecified atom stereocenters. The lowest BCUT2D eigenvalue weighted by atomic mass is 10.1. The van der Waals surface area contributed by atoms with Crippen LogP contribution in [0.4, 0.5) is 0 Å². The average Bonchev–Trinajstić information content (AvgIpc) is 2.83. The van der Waals surface area contributed by atoms with Crippen LogP contribution in [0.5, 0.6) is 0 Å². The first kappa shape index (κ1) is 16.9. The van der Waals surface area contributed by atoms with Gasteiger partial charge in [-0.15, -0.1) is 10.2 Å². The van der Waals surface area contributed by atoms with Crippen molar-refractivity contribution in [3.63, 3.8) is 0 Å². The maximum atomic E-state index is 12.3. The number of hydrogen-bond acceptors (Lipinski definition) is 5. The zero-order valence-electron chi connectivity index (χ0n) is 13.6. The van der Waals surface area contributed by atoms with Gasteiger partial charge in [0.1, 0.15) is 11.6 Å².